The number of hydrogen-bond donors (Lipinski definition) is 2. The summed E-state index contributed by atoms with van der Waals surface area (Å²) in [7, 11) is 0. The maximum Gasteiger partial charge on any atom is 0.401 e. The highest BCUT2D eigenvalue weighted by molar-refractivity contribution is 5.91. The molecule has 28 heavy (non-hydrogen) atoms. The molecule has 0 fully saturated rings. The van der Waals surface area contributed by atoms with E-state index in [0.29, 0.717) is 16.6 Å². The minimum absolute atomic E-state index is 0. The third-order valence-electron chi connectivity index (χ3n) is 4.13. The summed E-state index contributed by atoms with van der Waals surface area (Å²) in [6.07, 6.45) is -0.612. The van der Waals surface area contributed by atoms with Crippen molar-refractivity contribution in [3.63, 3.8) is 0 Å². The van der Waals surface area contributed by atoms with Crippen molar-refractivity contribution >= 4 is 11.0 Å². The number of aromatic nitrogens is 4. The van der Waals surface area contributed by atoms with Gasteiger partial charge in [0.2, 0.25) is 0 Å². The number of rotatable bonds is 6. The van der Waals surface area contributed by atoms with Crippen molar-refractivity contribution in [3.05, 3.63) is 42.0 Å². The molecule has 5 nitrogen and oxygen atoms in total. The second-order valence-electron chi connectivity index (χ2n) is 7.30. The van der Waals surface area contributed by atoms with Crippen LogP contribution < -0.4 is 5.32 Å². The van der Waals surface area contributed by atoms with Gasteiger partial charge in [-0.3, -0.25) is 0 Å². The topological polar surface area (TPSA) is 66.5 Å². The lowest BCUT2D eigenvalue weighted by molar-refractivity contribution is -0.125. The number of aromatic amines is 1. The fourth-order valence-electron chi connectivity index (χ4n) is 2.88. The summed E-state index contributed by atoms with van der Waals surface area (Å²) < 4.78 is 64.7. The van der Waals surface area contributed by atoms with Crippen molar-refractivity contribution in [1.82, 2.24) is 25.3 Å². The van der Waals surface area contributed by atoms with Crippen LogP contribution in [-0.2, 0) is 6.42 Å². The van der Waals surface area contributed by atoms with Gasteiger partial charge in [0.15, 0.2) is 11.6 Å². The highest BCUT2D eigenvalue weighted by atomic mass is 19.4. The van der Waals surface area contributed by atoms with Gasteiger partial charge < -0.3 is 10.3 Å². The van der Waals surface area contributed by atoms with Crippen LogP contribution in [0.15, 0.2) is 24.7 Å². The van der Waals surface area contributed by atoms with E-state index in [0.717, 1.165) is 12.4 Å². The highest BCUT2D eigenvalue weighted by Gasteiger charge is 2.29. The molecule has 154 valence electrons. The summed E-state index contributed by atoms with van der Waals surface area (Å²) in [6, 6.07) is 1.27. The van der Waals surface area contributed by atoms with Gasteiger partial charge in [0.1, 0.15) is 11.5 Å². The van der Waals surface area contributed by atoms with Gasteiger partial charge in [0.25, 0.3) is 0 Å². The first kappa shape index (κ1) is 20.1. The molecule has 3 rings (SSSR count). The zero-order valence-electron chi connectivity index (χ0n) is 15.2. The summed E-state index contributed by atoms with van der Waals surface area (Å²) in [5, 5.41) is 2.78. The zero-order valence-corrected chi connectivity index (χ0v) is 15.2. The van der Waals surface area contributed by atoms with Crippen LogP contribution in [0.4, 0.5) is 22.0 Å². The molecule has 3 aromatic heterocycles. The van der Waals surface area contributed by atoms with Crippen LogP contribution in [0.3, 0.4) is 0 Å². The number of nitrogens with one attached hydrogen (secondary N) is 2. The zero-order chi connectivity index (χ0) is 20.5. The number of fused-ring (bicyclic) bond motifs is 1. The SMILES string of the molecule is CC(C)(CNCC(F)(F)F)Cc1nc(-c2c[nH]c3ncc(F)cc23)ncc1F.[HH].[HH]. The first-order valence-corrected chi connectivity index (χ1v) is 8.46. The van der Waals surface area contributed by atoms with Gasteiger partial charge in [-0.15, -0.1) is 0 Å². The summed E-state index contributed by atoms with van der Waals surface area (Å²) in [5.74, 6) is -1.02. The molecule has 3 heterocycles. The van der Waals surface area contributed by atoms with E-state index in [1.807, 2.05) is 0 Å². The van der Waals surface area contributed by atoms with E-state index in [-0.39, 0.29) is 27.3 Å². The van der Waals surface area contributed by atoms with E-state index >= 15 is 0 Å². The van der Waals surface area contributed by atoms with E-state index < -0.39 is 29.8 Å². The number of hydrogen-bond acceptors (Lipinski definition) is 4. The second kappa shape index (κ2) is 7.42. The molecular formula is C18H22F5N5. The number of alkyl halides is 3. The van der Waals surface area contributed by atoms with Gasteiger partial charge in [-0.05, 0) is 17.9 Å². The van der Waals surface area contributed by atoms with Crippen LogP contribution in [0.2, 0.25) is 0 Å². The van der Waals surface area contributed by atoms with Gasteiger partial charge in [0, 0.05) is 26.5 Å². The standard InChI is InChI=1S/C18H18F5N5.2H2/c1-17(2,8-24-9-18(21,22)23)4-14-13(20)7-27-16(28-14)12-6-26-15-11(12)3-10(19)5-25-15;;/h3,5-7,24H,4,8-9H2,1-2H3,(H,25,26);2*1H. The summed E-state index contributed by atoms with van der Waals surface area (Å²) in [4.78, 5) is 15.0. The lowest BCUT2D eigenvalue weighted by Crippen LogP contribution is -2.37. The van der Waals surface area contributed by atoms with Crippen molar-refractivity contribution in [2.45, 2.75) is 26.4 Å². The van der Waals surface area contributed by atoms with Crippen LogP contribution >= 0.6 is 0 Å². The van der Waals surface area contributed by atoms with Gasteiger partial charge in [-0.1, -0.05) is 13.8 Å². The van der Waals surface area contributed by atoms with Gasteiger partial charge in [0.05, 0.1) is 24.6 Å². The van der Waals surface area contributed by atoms with Crippen molar-refractivity contribution in [2.75, 3.05) is 13.1 Å². The Hall–Kier alpha value is -2.62. The third-order valence-corrected chi connectivity index (χ3v) is 4.13. The fourth-order valence-corrected chi connectivity index (χ4v) is 2.88. The lowest BCUT2D eigenvalue weighted by Gasteiger charge is -2.25. The van der Waals surface area contributed by atoms with E-state index in [9.17, 15) is 22.0 Å². The predicted molar refractivity (Wildman–Crippen MR) is 97.7 cm³/mol. The molecule has 3 aromatic rings. The number of halogens is 5. The average Bonchev–Trinajstić information content (AvgIpc) is 2.98. The molecule has 0 spiro atoms. The molecule has 0 bridgehead atoms. The maximum absolute atomic E-state index is 14.2. The normalized spacial score (nSPS) is 12.7. The highest BCUT2D eigenvalue weighted by Crippen LogP contribution is 2.28. The minimum Gasteiger partial charge on any atom is -0.345 e. The molecule has 0 aliphatic carbocycles. The first-order valence-electron chi connectivity index (χ1n) is 8.46. The lowest BCUT2D eigenvalue weighted by atomic mass is 9.87. The monoisotopic (exact) mass is 403 g/mol. The average molecular weight is 403 g/mol. The molecule has 0 aromatic carbocycles. The first-order chi connectivity index (χ1) is 13.0. The molecular weight excluding hydrogens is 381 g/mol. The predicted octanol–water partition coefficient (Wildman–Crippen LogP) is 4.51. The van der Waals surface area contributed by atoms with Gasteiger partial charge in [-0.25, -0.2) is 23.7 Å². The van der Waals surface area contributed by atoms with Crippen molar-refractivity contribution < 1.29 is 24.8 Å². The fraction of sp³-hybridized carbons (Fsp3) is 0.389. The van der Waals surface area contributed by atoms with Crippen molar-refractivity contribution in [1.29, 1.82) is 0 Å². The Labute approximate surface area is 160 Å². The molecule has 0 aliphatic heterocycles. The van der Waals surface area contributed by atoms with E-state index in [1.54, 1.807) is 20.0 Å². The molecule has 0 saturated carbocycles. The van der Waals surface area contributed by atoms with Gasteiger partial charge in [-0.2, -0.15) is 13.2 Å². The molecule has 2 N–H and O–H groups in total. The summed E-state index contributed by atoms with van der Waals surface area (Å²) >= 11 is 0. The molecule has 0 atom stereocenters. The minimum atomic E-state index is -4.32. The van der Waals surface area contributed by atoms with Crippen molar-refractivity contribution in [2.24, 2.45) is 5.41 Å². The number of nitrogens with zero attached hydrogens (tertiary/aromatic N) is 3. The van der Waals surface area contributed by atoms with Crippen LogP contribution in [0.5, 0.6) is 0 Å². The van der Waals surface area contributed by atoms with Crippen LogP contribution in [0, 0.1) is 17.0 Å². The van der Waals surface area contributed by atoms with E-state index in [1.165, 1.54) is 6.07 Å². The molecule has 0 aliphatic rings. The Kier molecular flexibility index (Phi) is 5.33. The van der Waals surface area contributed by atoms with E-state index in [2.05, 4.69) is 25.3 Å². The quantitative estimate of drug-likeness (QED) is 0.595. The molecule has 0 unspecified atom stereocenters. The molecule has 0 saturated heterocycles. The summed E-state index contributed by atoms with van der Waals surface area (Å²) in [6.45, 7) is 2.32. The summed E-state index contributed by atoms with van der Waals surface area (Å²) in [5.41, 5.74) is 0.271. The Morgan fingerprint density at radius 3 is 2.57 bits per heavy atom. The largest absolute Gasteiger partial charge is 0.401 e. The third kappa shape index (κ3) is 4.80. The molecule has 0 amide bonds. The molecule has 10 heteroatoms. The van der Waals surface area contributed by atoms with Crippen LogP contribution in [0.25, 0.3) is 22.4 Å². The second-order valence-corrected chi connectivity index (χ2v) is 7.30. The van der Waals surface area contributed by atoms with Gasteiger partial charge >= 0.3 is 6.18 Å². The van der Waals surface area contributed by atoms with E-state index in [4.69, 9.17) is 0 Å². The Morgan fingerprint density at radius 1 is 1.11 bits per heavy atom. The Morgan fingerprint density at radius 2 is 1.86 bits per heavy atom. The molecule has 0 radical (unpaired) electrons. The number of pyridine rings is 1. The number of H-pyrrole nitrogens is 1. The van der Waals surface area contributed by atoms with Crippen LogP contribution in [-0.4, -0.2) is 39.2 Å². The smallest absolute Gasteiger partial charge is 0.345 e. The Balaban J connectivity index is 0.00000225. The maximum atomic E-state index is 14.2. The van der Waals surface area contributed by atoms with Crippen molar-refractivity contribution in [3.8, 4) is 11.4 Å². The Bertz CT molecular complexity index is 991. The van der Waals surface area contributed by atoms with Crippen LogP contribution in [0.1, 0.15) is 22.4 Å².